The molecule has 1 saturated heterocycles. The van der Waals surface area contributed by atoms with Crippen molar-refractivity contribution in [3.63, 3.8) is 0 Å². The van der Waals surface area contributed by atoms with Crippen molar-refractivity contribution in [1.29, 1.82) is 0 Å². The highest BCUT2D eigenvalue weighted by Crippen LogP contribution is 2.23. The zero-order valence-electron chi connectivity index (χ0n) is 11.7. The van der Waals surface area contributed by atoms with Crippen LogP contribution in [-0.2, 0) is 0 Å². The Morgan fingerprint density at radius 1 is 1.44 bits per heavy atom. The van der Waals surface area contributed by atoms with E-state index in [-0.39, 0.29) is 0 Å². The molecule has 2 rings (SSSR count). The Hall–Kier alpha value is -1.16. The van der Waals surface area contributed by atoms with Gasteiger partial charge in [0.25, 0.3) is 0 Å². The molecule has 100 valence electrons. The van der Waals surface area contributed by atoms with E-state index in [2.05, 4.69) is 34.0 Å². The normalized spacial score (nSPS) is 20.2. The van der Waals surface area contributed by atoms with E-state index in [1.165, 1.54) is 12.8 Å². The zero-order valence-corrected chi connectivity index (χ0v) is 11.7. The molecular formula is C14H24N4. The van der Waals surface area contributed by atoms with Gasteiger partial charge in [0.05, 0.1) is 11.4 Å². The average Bonchev–Trinajstić information content (AvgIpc) is 2.39. The molecule has 1 unspecified atom stereocenters. The second-order valence-corrected chi connectivity index (χ2v) is 5.18. The lowest BCUT2D eigenvalue weighted by Gasteiger charge is -2.34. The molecule has 0 bridgehead atoms. The molecule has 0 radical (unpaired) electrons. The van der Waals surface area contributed by atoms with Crippen LogP contribution in [0.25, 0.3) is 0 Å². The summed E-state index contributed by atoms with van der Waals surface area (Å²) < 4.78 is 0. The zero-order chi connectivity index (χ0) is 13.0. The van der Waals surface area contributed by atoms with E-state index in [9.17, 15) is 0 Å². The molecule has 1 N–H and O–H groups in total. The van der Waals surface area contributed by atoms with E-state index in [4.69, 9.17) is 0 Å². The van der Waals surface area contributed by atoms with Gasteiger partial charge in [-0.05, 0) is 45.7 Å². The molecule has 1 aromatic heterocycles. The molecule has 2 heterocycles. The topological polar surface area (TPSA) is 41.0 Å². The van der Waals surface area contributed by atoms with Gasteiger partial charge in [0, 0.05) is 19.3 Å². The Bertz CT molecular complexity index is 391. The van der Waals surface area contributed by atoms with Gasteiger partial charge < -0.3 is 10.2 Å². The summed E-state index contributed by atoms with van der Waals surface area (Å²) in [6.07, 6.45) is 4.42. The van der Waals surface area contributed by atoms with Crippen LogP contribution in [0.3, 0.4) is 0 Å². The van der Waals surface area contributed by atoms with E-state index in [0.29, 0.717) is 0 Å². The van der Waals surface area contributed by atoms with Crippen molar-refractivity contribution in [2.24, 2.45) is 5.92 Å². The van der Waals surface area contributed by atoms with Crippen LogP contribution in [0.4, 0.5) is 5.82 Å². The summed E-state index contributed by atoms with van der Waals surface area (Å²) in [5.41, 5.74) is 2.05. The molecule has 1 atom stereocenters. The highest BCUT2D eigenvalue weighted by Gasteiger charge is 2.22. The number of nitrogens with one attached hydrogen (secondary N) is 1. The Morgan fingerprint density at radius 3 is 3.06 bits per heavy atom. The third kappa shape index (κ3) is 3.19. The Kier molecular flexibility index (Phi) is 4.53. The van der Waals surface area contributed by atoms with E-state index in [1.807, 2.05) is 13.1 Å². The van der Waals surface area contributed by atoms with Crippen molar-refractivity contribution >= 4 is 5.82 Å². The smallest absolute Gasteiger partial charge is 0.150 e. The lowest BCUT2D eigenvalue weighted by Crippen LogP contribution is -2.40. The first-order chi connectivity index (χ1) is 8.70. The van der Waals surface area contributed by atoms with Crippen LogP contribution < -0.4 is 10.2 Å². The van der Waals surface area contributed by atoms with E-state index < -0.39 is 0 Å². The molecule has 0 aliphatic carbocycles. The monoisotopic (exact) mass is 248 g/mol. The van der Waals surface area contributed by atoms with Crippen LogP contribution in [0.2, 0.25) is 0 Å². The first-order valence-corrected chi connectivity index (χ1v) is 6.96. The highest BCUT2D eigenvalue weighted by atomic mass is 15.2. The summed E-state index contributed by atoms with van der Waals surface area (Å²) in [6, 6.07) is 0. The minimum Gasteiger partial charge on any atom is -0.355 e. The van der Waals surface area contributed by atoms with Crippen LogP contribution in [-0.4, -0.2) is 36.1 Å². The fraction of sp³-hybridized carbons (Fsp3) is 0.714. The number of rotatable bonds is 4. The van der Waals surface area contributed by atoms with Gasteiger partial charge in [-0.1, -0.05) is 6.92 Å². The summed E-state index contributed by atoms with van der Waals surface area (Å²) in [4.78, 5) is 11.5. The molecule has 4 heteroatoms. The summed E-state index contributed by atoms with van der Waals surface area (Å²) in [5.74, 6) is 1.82. The maximum atomic E-state index is 4.65. The van der Waals surface area contributed by atoms with Gasteiger partial charge in [0.1, 0.15) is 5.82 Å². The van der Waals surface area contributed by atoms with Crippen molar-refractivity contribution in [3.05, 3.63) is 17.6 Å². The molecule has 0 spiro atoms. The van der Waals surface area contributed by atoms with Gasteiger partial charge in [-0.25, -0.2) is 4.98 Å². The second kappa shape index (κ2) is 6.14. The minimum atomic E-state index is 0.736. The predicted molar refractivity (Wildman–Crippen MR) is 75.0 cm³/mol. The summed E-state index contributed by atoms with van der Waals surface area (Å²) >= 11 is 0. The average molecular weight is 248 g/mol. The number of anilines is 1. The van der Waals surface area contributed by atoms with Gasteiger partial charge in [-0.3, -0.25) is 4.98 Å². The lowest BCUT2D eigenvalue weighted by atomic mass is 9.98. The fourth-order valence-corrected chi connectivity index (χ4v) is 2.60. The predicted octanol–water partition coefficient (Wildman–Crippen LogP) is 1.92. The largest absolute Gasteiger partial charge is 0.355 e. The van der Waals surface area contributed by atoms with Gasteiger partial charge in [-0.15, -0.1) is 0 Å². The third-order valence-corrected chi connectivity index (χ3v) is 3.55. The van der Waals surface area contributed by atoms with E-state index in [0.717, 1.165) is 49.3 Å². The SMILES string of the molecule is CCNCC1CCCN(c2nc(C)cnc2C)C1. The number of nitrogens with zero attached hydrogens (tertiary/aromatic N) is 3. The first kappa shape index (κ1) is 13.3. The first-order valence-electron chi connectivity index (χ1n) is 6.96. The quantitative estimate of drug-likeness (QED) is 0.884. The number of piperidine rings is 1. The van der Waals surface area contributed by atoms with Crippen molar-refractivity contribution in [2.75, 3.05) is 31.1 Å². The van der Waals surface area contributed by atoms with Crippen molar-refractivity contribution in [2.45, 2.75) is 33.6 Å². The van der Waals surface area contributed by atoms with E-state index >= 15 is 0 Å². The molecule has 1 fully saturated rings. The van der Waals surface area contributed by atoms with Crippen LogP contribution >= 0.6 is 0 Å². The van der Waals surface area contributed by atoms with Gasteiger partial charge in [-0.2, -0.15) is 0 Å². The second-order valence-electron chi connectivity index (χ2n) is 5.18. The number of hydrogen-bond acceptors (Lipinski definition) is 4. The molecule has 1 aliphatic heterocycles. The van der Waals surface area contributed by atoms with Gasteiger partial charge in [0.2, 0.25) is 0 Å². The Morgan fingerprint density at radius 2 is 2.28 bits per heavy atom. The molecule has 0 aromatic carbocycles. The molecule has 0 amide bonds. The van der Waals surface area contributed by atoms with Gasteiger partial charge in [0.15, 0.2) is 0 Å². The summed E-state index contributed by atoms with van der Waals surface area (Å²) in [7, 11) is 0. The van der Waals surface area contributed by atoms with Crippen molar-refractivity contribution in [1.82, 2.24) is 15.3 Å². The fourth-order valence-electron chi connectivity index (χ4n) is 2.60. The van der Waals surface area contributed by atoms with Crippen molar-refractivity contribution < 1.29 is 0 Å². The van der Waals surface area contributed by atoms with Crippen molar-refractivity contribution in [3.8, 4) is 0 Å². The van der Waals surface area contributed by atoms with Crippen LogP contribution in [0.15, 0.2) is 6.20 Å². The molecule has 18 heavy (non-hydrogen) atoms. The van der Waals surface area contributed by atoms with Crippen LogP contribution in [0, 0.1) is 19.8 Å². The molecule has 1 aromatic rings. The molecule has 0 saturated carbocycles. The molecule has 1 aliphatic rings. The lowest BCUT2D eigenvalue weighted by molar-refractivity contribution is 0.393. The third-order valence-electron chi connectivity index (χ3n) is 3.55. The highest BCUT2D eigenvalue weighted by molar-refractivity contribution is 5.43. The maximum Gasteiger partial charge on any atom is 0.150 e. The maximum absolute atomic E-state index is 4.65. The van der Waals surface area contributed by atoms with Crippen LogP contribution in [0.5, 0.6) is 0 Å². The number of aryl methyl sites for hydroxylation is 2. The molecule has 4 nitrogen and oxygen atoms in total. The minimum absolute atomic E-state index is 0.736. The Labute approximate surface area is 110 Å². The Balaban J connectivity index is 2.05. The summed E-state index contributed by atoms with van der Waals surface area (Å²) in [6.45, 7) is 10.6. The van der Waals surface area contributed by atoms with E-state index in [1.54, 1.807) is 0 Å². The summed E-state index contributed by atoms with van der Waals surface area (Å²) in [5, 5.41) is 3.45. The number of hydrogen-bond donors (Lipinski definition) is 1. The number of aromatic nitrogens is 2. The standard InChI is InChI=1S/C14H24N4/c1-4-15-9-13-6-5-7-18(10-13)14-12(3)16-8-11(2)17-14/h8,13,15H,4-7,9-10H2,1-3H3. The van der Waals surface area contributed by atoms with Gasteiger partial charge >= 0.3 is 0 Å². The van der Waals surface area contributed by atoms with Crippen LogP contribution in [0.1, 0.15) is 31.2 Å². The molecular weight excluding hydrogens is 224 g/mol.